The van der Waals surface area contributed by atoms with Gasteiger partial charge in [0, 0.05) is 11.1 Å². The van der Waals surface area contributed by atoms with Crippen LogP contribution >= 0.6 is 23.2 Å². The van der Waals surface area contributed by atoms with Gasteiger partial charge in [-0.2, -0.15) is 4.98 Å². The molecule has 128 valence electrons. The quantitative estimate of drug-likeness (QED) is 0.685. The number of aromatic nitrogens is 2. The number of rotatable bonds is 5. The van der Waals surface area contributed by atoms with Crippen molar-refractivity contribution in [2.45, 2.75) is 6.92 Å². The number of ether oxygens (including phenoxy) is 1. The zero-order valence-electron chi connectivity index (χ0n) is 13.0. The Labute approximate surface area is 153 Å². The van der Waals surface area contributed by atoms with Crippen LogP contribution in [0.4, 0.5) is 0 Å². The van der Waals surface area contributed by atoms with Gasteiger partial charge in [0.05, 0.1) is 22.2 Å². The van der Waals surface area contributed by atoms with E-state index in [1.165, 1.54) is 12.1 Å². The highest BCUT2D eigenvalue weighted by molar-refractivity contribution is 6.37. The number of carboxylic acids is 1. The molecule has 0 unspecified atom stereocenters. The number of halogens is 2. The molecule has 1 heterocycles. The van der Waals surface area contributed by atoms with Crippen LogP contribution in [0.3, 0.4) is 0 Å². The van der Waals surface area contributed by atoms with Gasteiger partial charge in [0.25, 0.3) is 5.89 Å². The minimum atomic E-state index is -1.00. The molecule has 8 heteroatoms. The van der Waals surface area contributed by atoms with Crippen LogP contribution in [0.5, 0.6) is 5.75 Å². The van der Waals surface area contributed by atoms with Gasteiger partial charge >= 0.3 is 5.97 Å². The van der Waals surface area contributed by atoms with Crippen molar-refractivity contribution in [2.24, 2.45) is 0 Å². The molecule has 6 nitrogen and oxygen atoms in total. The molecular weight excluding hydrogens is 367 g/mol. The molecule has 0 saturated carbocycles. The third-order valence-electron chi connectivity index (χ3n) is 3.35. The second-order valence-corrected chi connectivity index (χ2v) is 5.82. The lowest BCUT2D eigenvalue weighted by molar-refractivity contribution is 0.0697. The number of benzene rings is 2. The van der Waals surface area contributed by atoms with E-state index in [9.17, 15) is 4.79 Å². The first-order valence-electron chi connectivity index (χ1n) is 7.29. The molecule has 0 saturated heterocycles. The highest BCUT2D eigenvalue weighted by Crippen LogP contribution is 2.37. The lowest BCUT2D eigenvalue weighted by Crippen LogP contribution is -1.95. The van der Waals surface area contributed by atoms with Crippen LogP contribution in [0.2, 0.25) is 10.0 Å². The van der Waals surface area contributed by atoms with Crippen LogP contribution in [0.1, 0.15) is 17.3 Å². The van der Waals surface area contributed by atoms with Crippen LogP contribution in [-0.2, 0) is 0 Å². The fourth-order valence-corrected chi connectivity index (χ4v) is 2.78. The van der Waals surface area contributed by atoms with E-state index in [4.69, 9.17) is 37.6 Å². The van der Waals surface area contributed by atoms with Gasteiger partial charge in [-0.1, -0.05) is 40.5 Å². The molecule has 3 rings (SSSR count). The Morgan fingerprint density at radius 1 is 1.16 bits per heavy atom. The summed E-state index contributed by atoms with van der Waals surface area (Å²) < 4.78 is 10.6. The molecule has 0 atom stereocenters. The first-order chi connectivity index (χ1) is 12.0. The monoisotopic (exact) mass is 378 g/mol. The average molecular weight is 379 g/mol. The average Bonchev–Trinajstić information content (AvgIpc) is 3.08. The topological polar surface area (TPSA) is 85.5 Å². The third kappa shape index (κ3) is 3.60. The molecule has 0 fully saturated rings. The molecule has 0 radical (unpaired) electrons. The van der Waals surface area contributed by atoms with E-state index < -0.39 is 5.97 Å². The van der Waals surface area contributed by atoms with E-state index in [0.717, 1.165) is 0 Å². The smallest absolute Gasteiger partial charge is 0.335 e. The fourth-order valence-electron chi connectivity index (χ4n) is 2.19. The number of aromatic carboxylic acids is 1. The van der Waals surface area contributed by atoms with Gasteiger partial charge in [-0.25, -0.2) is 4.79 Å². The Bertz CT molecular complexity index is 900. The molecular formula is C17H12Cl2N2O4. The first kappa shape index (κ1) is 17.3. The SMILES string of the molecule is CCOc1c(Cl)cc(-c2nc(-c3ccc(C(=O)O)cc3)no2)cc1Cl. The molecule has 25 heavy (non-hydrogen) atoms. The van der Waals surface area contributed by atoms with Gasteiger partial charge in [-0.15, -0.1) is 0 Å². The van der Waals surface area contributed by atoms with E-state index in [-0.39, 0.29) is 11.5 Å². The summed E-state index contributed by atoms with van der Waals surface area (Å²) in [5.74, 6) is -0.0326. The van der Waals surface area contributed by atoms with Crippen molar-refractivity contribution in [3.63, 3.8) is 0 Å². The van der Waals surface area contributed by atoms with Crippen molar-refractivity contribution in [3.8, 4) is 28.6 Å². The number of carbonyl (C=O) groups is 1. The molecule has 0 aliphatic carbocycles. The predicted molar refractivity (Wildman–Crippen MR) is 93.3 cm³/mol. The summed E-state index contributed by atoms with van der Waals surface area (Å²) in [6, 6.07) is 9.41. The zero-order valence-corrected chi connectivity index (χ0v) is 14.5. The molecule has 0 bridgehead atoms. The van der Waals surface area contributed by atoms with Gasteiger partial charge in [0.1, 0.15) is 0 Å². The maximum Gasteiger partial charge on any atom is 0.335 e. The second-order valence-electron chi connectivity index (χ2n) is 5.01. The summed E-state index contributed by atoms with van der Waals surface area (Å²) in [5, 5.41) is 13.5. The van der Waals surface area contributed by atoms with Gasteiger partial charge in [0.2, 0.25) is 5.82 Å². The van der Waals surface area contributed by atoms with Crippen LogP contribution in [0.25, 0.3) is 22.8 Å². The highest BCUT2D eigenvalue weighted by atomic mass is 35.5. The molecule has 1 aromatic heterocycles. The Balaban J connectivity index is 1.92. The molecule has 0 spiro atoms. The van der Waals surface area contributed by atoms with E-state index >= 15 is 0 Å². The summed E-state index contributed by atoms with van der Waals surface area (Å²) in [4.78, 5) is 15.2. The maximum atomic E-state index is 10.9. The number of hydrogen-bond acceptors (Lipinski definition) is 5. The Hall–Kier alpha value is -2.57. The van der Waals surface area contributed by atoms with Crippen LogP contribution < -0.4 is 4.74 Å². The van der Waals surface area contributed by atoms with Crippen LogP contribution in [0, 0.1) is 0 Å². The van der Waals surface area contributed by atoms with Crippen LogP contribution in [-0.4, -0.2) is 27.8 Å². The Kier molecular flexibility index (Phi) is 4.92. The van der Waals surface area contributed by atoms with E-state index in [2.05, 4.69) is 10.1 Å². The van der Waals surface area contributed by atoms with Crippen molar-refractivity contribution in [3.05, 3.63) is 52.0 Å². The summed E-state index contributed by atoms with van der Waals surface area (Å²) in [6.45, 7) is 2.27. The van der Waals surface area contributed by atoms with Crippen molar-refractivity contribution in [1.29, 1.82) is 0 Å². The van der Waals surface area contributed by atoms with E-state index in [1.807, 2.05) is 6.92 Å². The van der Waals surface area contributed by atoms with Crippen molar-refractivity contribution in [1.82, 2.24) is 10.1 Å². The molecule has 3 aromatic rings. The van der Waals surface area contributed by atoms with Gasteiger partial charge in [-0.3, -0.25) is 0 Å². The summed E-state index contributed by atoms with van der Waals surface area (Å²) >= 11 is 12.4. The van der Waals surface area contributed by atoms with Crippen LogP contribution in [0.15, 0.2) is 40.9 Å². The van der Waals surface area contributed by atoms with E-state index in [0.29, 0.717) is 39.4 Å². The summed E-state index contributed by atoms with van der Waals surface area (Å²) in [6.07, 6.45) is 0. The number of nitrogens with zero attached hydrogens (tertiary/aromatic N) is 2. The third-order valence-corrected chi connectivity index (χ3v) is 3.91. The number of carboxylic acid groups (broad SMARTS) is 1. The Morgan fingerprint density at radius 3 is 2.36 bits per heavy atom. The standard InChI is InChI=1S/C17H12Cl2N2O4/c1-2-24-14-12(18)7-11(8-13(14)19)16-20-15(21-25-16)9-3-5-10(6-4-9)17(22)23/h3-8H,2H2,1H3,(H,22,23). The van der Waals surface area contributed by atoms with Gasteiger partial charge in [-0.05, 0) is 31.2 Å². The molecule has 0 aliphatic rings. The summed E-state index contributed by atoms with van der Waals surface area (Å²) in [5.41, 5.74) is 1.36. The fraction of sp³-hybridized carbons (Fsp3) is 0.118. The number of hydrogen-bond donors (Lipinski definition) is 1. The molecule has 1 N–H and O–H groups in total. The van der Waals surface area contributed by atoms with Crippen molar-refractivity contribution < 1.29 is 19.2 Å². The lowest BCUT2D eigenvalue weighted by atomic mass is 10.1. The highest BCUT2D eigenvalue weighted by Gasteiger charge is 2.16. The summed E-state index contributed by atoms with van der Waals surface area (Å²) in [7, 11) is 0. The van der Waals surface area contributed by atoms with Gasteiger partial charge < -0.3 is 14.4 Å². The van der Waals surface area contributed by atoms with Crippen molar-refractivity contribution >= 4 is 29.2 Å². The predicted octanol–water partition coefficient (Wildman–Crippen LogP) is 4.81. The largest absolute Gasteiger partial charge is 0.491 e. The zero-order chi connectivity index (χ0) is 18.0. The molecule has 2 aromatic carbocycles. The second kappa shape index (κ2) is 7.13. The molecule has 0 aliphatic heterocycles. The minimum absolute atomic E-state index is 0.178. The minimum Gasteiger partial charge on any atom is -0.491 e. The normalized spacial score (nSPS) is 10.7. The van der Waals surface area contributed by atoms with E-state index in [1.54, 1.807) is 24.3 Å². The molecule has 0 amide bonds. The van der Waals surface area contributed by atoms with Crippen molar-refractivity contribution in [2.75, 3.05) is 6.61 Å². The lowest BCUT2D eigenvalue weighted by Gasteiger charge is -2.08. The maximum absolute atomic E-state index is 10.9. The Morgan fingerprint density at radius 2 is 1.80 bits per heavy atom. The van der Waals surface area contributed by atoms with Gasteiger partial charge in [0.15, 0.2) is 5.75 Å². The first-order valence-corrected chi connectivity index (χ1v) is 8.05.